The number of aryl methyl sites for hydroxylation is 1. The molecule has 1 aliphatic rings. The van der Waals surface area contributed by atoms with Gasteiger partial charge in [-0.1, -0.05) is 0 Å². The molecule has 0 unspecified atom stereocenters. The van der Waals surface area contributed by atoms with Crippen LogP contribution in [0.2, 0.25) is 0 Å². The fraction of sp³-hybridized carbons (Fsp3) is 0.538. The summed E-state index contributed by atoms with van der Waals surface area (Å²) in [6, 6.07) is 4.74. The van der Waals surface area contributed by atoms with Crippen LogP contribution in [-0.4, -0.2) is 26.8 Å². The summed E-state index contributed by atoms with van der Waals surface area (Å²) >= 11 is 0. The monoisotopic (exact) mass is 286 g/mol. The molecule has 6 heteroatoms. The first-order valence-corrected chi connectivity index (χ1v) is 8.11. The van der Waals surface area contributed by atoms with Crippen LogP contribution in [0.4, 0.5) is 10.1 Å². The fourth-order valence-corrected chi connectivity index (χ4v) is 2.99. The average molecular weight is 286 g/mol. The summed E-state index contributed by atoms with van der Waals surface area (Å²) in [6.07, 6.45) is 2.93. The smallest absolute Gasteiger partial charge is 0.232 e. The van der Waals surface area contributed by atoms with Crippen LogP contribution in [0.1, 0.15) is 24.8 Å². The largest absolute Gasteiger partial charge is 0.314 e. The number of sulfonamides is 1. The van der Waals surface area contributed by atoms with Gasteiger partial charge in [-0.25, -0.2) is 12.8 Å². The number of anilines is 1. The molecular formula is C13H19FN2O2S. The zero-order valence-electron chi connectivity index (χ0n) is 10.9. The van der Waals surface area contributed by atoms with Gasteiger partial charge in [0.15, 0.2) is 0 Å². The number of rotatable bonds is 7. The molecule has 1 fully saturated rings. The molecule has 1 aromatic carbocycles. The van der Waals surface area contributed by atoms with Crippen molar-refractivity contribution in [2.45, 2.75) is 32.2 Å². The van der Waals surface area contributed by atoms with Crippen molar-refractivity contribution in [3.05, 3.63) is 29.6 Å². The van der Waals surface area contributed by atoms with Gasteiger partial charge in [-0.15, -0.1) is 0 Å². The van der Waals surface area contributed by atoms with E-state index in [0.29, 0.717) is 24.6 Å². The van der Waals surface area contributed by atoms with E-state index in [-0.39, 0.29) is 11.4 Å². The minimum atomic E-state index is -3.40. The van der Waals surface area contributed by atoms with Crippen LogP contribution >= 0.6 is 0 Å². The first-order chi connectivity index (χ1) is 8.94. The summed E-state index contributed by atoms with van der Waals surface area (Å²) in [7, 11) is -3.40. The maximum Gasteiger partial charge on any atom is 0.232 e. The van der Waals surface area contributed by atoms with Gasteiger partial charge in [-0.3, -0.25) is 4.72 Å². The minimum absolute atomic E-state index is 0.0439. The predicted molar refractivity (Wildman–Crippen MR) is 74.2 cm³/mol. The third kappa shape index (κ3) is 5.16. The van der Waals surface area contributed by atoms with Crippen molar-refractivity contribution in [2.75, 3.05) is 17.0 Å². The van der Waals surface area contributed by atoms with Crippen molar-refractivity contribution in [3.63, 3.8) is 0 Å². The lowest BCUT2D eigenvalue weighted by Crippen LogP contribution is -2.23. The minimum Gasteiger partial charge on any atom is -0.314 e. The van der Waals surface area contributed by atoms with E-state index in [0.717, 1.165) is 0 Å². The second-order valence-electron chi connectivity index (χ2n) is 5.02. The summed E-state index contributed by atoms with van der Waals surface area (Å²) in [5.41, 5.74) is 0.973. The molecule has 0 atom stereocenters. The summed E-state index contributed by atoms with van der Waals surface area (Å²) in [5.74, 6) is -0.393. The van der Waals surface area contributed by atoms with E-state index < -0.39 is 15.8 Å². The highest BCUT2D eigenvalue weighted by Crippen LogP contribution is 2.18. The molecule has 0 heterocycles. The van der Waals surface area contributed by atoms with Crippen molar-refractivity contribution < 1.29 is 12.8 Å². The lowest BCUT2D eigenvalue weighted by molar-refractivity contribution is 0.593. The topological polar surface area (TPSA) is 58.2 Å². The third-order valence-corrected chi connectivity index (χ3v) is 4.29. The van der Waals surface area contributed by atoms with Crippen LogP contribution in [0.15, 0.2) is 18.2 Å². The molecule has 0 bridgehead atoms. The van der Waals surface area contributed by atoms with Crippen molar-refractivity contribution in [1.29, 1.82) is 0 Å². The molecule has 2 rings (SSSR count). The van der Waals surface area contributed by atoms with Gasteiger partial charge in [0.2, 0.25) is 10.0 Å². The van der Waals surface area contributed by atoms with E-state index in [1.165, 1.54) is 25.0 Å². The van der Waals surface area contributed by atoms with E-state index in [1.807, 2.05) is 0 Å². The van der Waals surface area contributed by atoms with Gasteiger partial charge in [0.1, 0.15) is 5.82 Å². The quantitative estimate of drug-likeness (QED) is 0.754. The summed E-state index contributed by atoms with van der Waals surface area (Å²) in [5, 5.41) is 3.26. The molecule has 2 N–H and O–H groups in total. The SMILES string of the molecule is Cc1cc(F)cc(NS(=O)(=O)CCCNC2CC2)c1. The van der Waals surface area contributed by atoms with Crippen molar-refractivity contribution in [2.24, 2.45) is 0 Å². The molecule has 0 aromatic heterocycles. The van der Waals surface area contributed by atoms with Gasteiger partial charge in [0, 0.05) is 6.04 Å². The Bertz CT molecular complexity index is 521. The Hall–Kier alpha value is -1.14. The maximum atomic E-state index is 13.2. The first-order valence-electron chi connectivity index (χ1n) is 6.46. The first kappa shape index (κ1) is 14.3. The molecule has 19 heavy (non-hydrogen) atoms. The number of benzene rings is 1. The van der Waals surface area contributed by atoms with Crippen LogP contribution < -0.4 is 10.0 Å². The molecule has 0 aliphatic heterocycles. The zero-order valence-corrected chi connectivity index (χ0v) is 11.8. The van der Waals surface area contributed by atoms with Crippen LogP contribution in [0.3, 0.4) is 0 Å². The highest BCUT2D eigenvalue weighted by molar-refractivity contribution is 7.92. The molecule has 106 valence electrons. The van der Waals surface area contributed by atoms with E-state index in [9.17, 15) is 12.8 Å². The number of halogens is 1. The van der Waals surface area contributed by atoms with Gasteiger partial charge >= 0.3 is 0 Å². The molecule has 1 aromatic rings. The average Bonchev–Trinajstić information content (AvgIpc) is 3.06. The van der Waals surface area contributed by atoms with Crippen molar-refractivity contribution >= 4 is 15.7 Å². The maximum absolute atomic E-state index is 13.2. The van der Waals surface area contributed by atoms with E-state index in [2.05, 4.69) is 10.0 Å². The van der Waals surface area contributed by atoms with Gasteiger partial charge in [0.25, 0.3) is 0 Å². The molecule has 0 spiro atoms. The van der Waals surface area contributed by atoms with Gasteiger partial charge in [-0.05, 0) is 56.5 Å². The second-order valence-corrected chi connectivity index (χ2v) is 6.86. The molecule has 0 radical (unpaired) electrons. The molecule has 0 saturated heterocycles. The Morgan fingerprint density at radius 3 is 2.68 bits per heavy atom. The second kappa shape index (κ2) is 5.88. The standard InChI is InChI=1S/C13H19FN2O2S/c1-10-7-11(14)9-13(8-10)16-19(17,18)6-2-5-15-12-3-4-12/h7-9,12,15-16H,2-6H2,1H3. The normalized spacial score (nSPS) is 15.5. The number of hydrogen-bond acceptors (Lipinski definition) is 3. The van der Waals surface area contributed by atoms with E-state index in [1.54, 1.807) is 13.0 Å². The molecular weight excluding hydrogens is 267 g/mol. The van der Waals surface area contributed by atoms with Gasteiger partial charge in [-0.2, -0.15) is 0 Å². The van der Waals surface area contributed by atoms with Crippen LogP contribution in [0.5, 0.6) is 0 Å². The zero-order chi connectivity index (χ0) is 13.9. The lowest BCUT2D eigenvalue weighted by Gasteiger charge is -2.09. The van der Waals surface area contributed by atoms with Crippen LogP contribution in [0, 0.1) is 12.7 Å². The Morgan fingerprint density at radius 2 is 2.05 bits per heavy atom. The highest BCUT2D eigenvalue weighted by atomic mass is 32.2. The van der Waals surface area contributed by atoms with E-state index >= 15 is 0 Å². The Morgan fingerprint density at radius 1 is 1.32 bits per heavy atom. The van der Waals surface area contributed by atoms with Crippen molar-refractivity contribution in [3.8, 4) is 0 Å². The summed E-state index contributed by atoms with van der Waals surface area (Å²) in [6.45, 7) is 2.42. The molecule has 1 aliphatic carbocycles. The number of nitrogens with one attached hydrogen (secondary N) is 2. The van der Waals surface area contributed by atoms with Crippen LogP contribution in [-0.2, 0) is 10.0 Å². The van der Waals surface area contributed by atoms with E-state index in [4.69, 9.17) is 0 Å². The fourth-order valence-electron chi connectivity index (χ4n) is 1.88. The Kier molecular flexibility index (Phi) is 4.42. The third-order valence-electron chi connectivity index (χ3n) is 2.92. The van der Waals surface area contributed by atoms with Crippen molar-refractivity contribution in [1.82, 2.24) is 5.32 Å². The van der Waals surface area contributed by atoms with Gasteiger partial charge < -0.3 is 5.32 Å². The summed E-state index contributed by atoms with van der Waals surface area (Å²) in [4.78, 5) is 0. The molecule has 0 amide bonds. The molecule has 1 saturated carbocycles. The lowest BCUT2D eigenvalue weighted by atomic mass is 10.2. The summed E-state index contributed by atoms with van der Waals surface area (Å²) < 4.78 is 39.2. The predicted octanol–water partition coefficient (Wildman–Crippen LogP) is 2.02. The number of hydrogen-bond donors (Lipinski definition) is 2. The Balaban J connectivity index is 1.84. The Labute approximate surface area is 113 Å². The molecule has 4 nitrogen and oxygen atoms in total. The highest BCUT2D eigenvalue weighted by Gasteiger charge is 2.20. The van der Waals surface area contributed by atoms with Crippen LogP contribution in [0.25, 0.3) is 0 Å². The van der Waals surface area contributed by atoms with Gasteiger partial charge in [0.05, 0.1) is 11.4 Å².